The third-order valence-electron chi connectivity index (χ3n) is 1.67. The molecule has 1 atom stereocenters. The molecule has 0 saturated carbocycles. The zero-order valence-electron chi connectivity index (χ0n) is 6.71. The van der Waals surface area contributed by atoms with Crippen LogP contribution in [0, 0.1) is 6.92 Å². The van der Waals surface area contributed by atoms with Crippen molar-refractivity contribution in [1.29, 1.82) is 0 Å². The minimum absolute atomic E-state index is 0.0625. The predicted octanol–water partition coefficient (Wildman–Crippen LogP) is 1.76. The Kier molecular flexibility index (Phi) is 2.67. The summed E-state index contributed by atoms with van der Waals surface area (Å²) in [5, 5.41) is 0. The molecular weight excluding hydrogens is 206 g/mol. The molecule has 1 aromatic rings. The first kappa shape index (κ1) is 8.74. The van der Waals surface area contributed by atoms with Gasteiger partial charge < -0.3 is 5.73 Å². The normalized spacial score (nSPS) is 13.5. The monoisotopic (exact) mass is 217 g/mol. The van der Waals surface area contributed by atoms with Gasteiger partial charge in [0.1, 0.15) is 5.82 Å². The van der Waals surface area contributed by atoms with Crippen LogP contribution in [-0.4, -0.2) is 8.58 Å². The van der Waals surface area contributed by atoms with Gasteiger partial charge in [-0.3, -0.25) is 3.59 Å². The highest BCUT2D eigenvalue weighted by Crippen LogP contribution is 2.14. The second-order valence-corrected chi connectivity index (χ2v) is 3.30. The molecule has 0 aromatic carbocycles. The van der Waals surface area contributed by atoms with Crippen LogP contribution in [0.3, 0.4) is 0 Å². The first-order valence-corrected chi connectivity index (χ1v) is 4.33. The Bertz CT molecular complexity index is 224. The zero-order valence-corrected chi connectivity index (χ0v) is 8.30. The molecule has 0 bridgehead atoms. The van der Waals surface area contributed by atoms with Gasteiger partial charge in [-0.15, -0.1) is 0 Å². The van der Waals surface area contributed by atoms with Crippen LogP contribution in [0.5, 0.6) is 0 Å². The van der Waals surface area contributed by atoms with Crippen LogP contribution in [-0.2, 0) is 0 Å². The lowest BCUT2D eigenvalue weighted by atomic mass is 10.2. The van der Waals surface area contributed by atoms with Crippen LogP contribution in [0.1, 0.15) is 30.9 Å². The smallest absolute Gasteiger partial charge is 0.115 e. The van der Waals surface area contributed by atoms with Crippen molar-refractivity contribution in [3.05, 3.63) is 17.7 Å². The van der Waals surface area contributed by atoms with Gasteiger partial charge in [0.2, 0.25) is 0 Å². The summed E-state index contributed by atoms with van der Waals surface area (Å²) in [5.41, 5.74) is 6.73. The fraction of sp³-hybridized carbons (Fsp3) is 0.571. The van der Waals surface area contributed by atoms with Gasteiger partial charge in [0.05, 0.1) is 21.8 Å². The Hall–Kier alpha value is -0.350. The van der Waals surface area contributed by atoms with E-state index in [4.69, 9.17) is 5.73 Å². The molecule has 0 amide bonds. The molecule has 1 unspecified atom stereocenters. The number of hydrogen-bond donors (Lipinski definition) is 1. The Morgan fingerprint density at radius 3 is 2.82 bits per heavy atom. The maximum atomic E-state index is 5.78. The van der Waals surface area contributed by atoms with Crippen LogP contribution in [0.2, 0.25) is 0 Å². The van der Waals surface area contributed by atoms with E-state index in [0.29, 0.717) is 0 Å². The molecule has 1 aromatic heterocycles. The fourth-order valence-electron chi connectivity index (χ4n) is 0.861. The summed E-state index contributed by atoms with van der Waals surface area (Å²) in [4.78, 5) is 4.27. The number of nitrogens with two attached hydrogens (primary N) is 1. The van der Waals surface area contributed by atoms with Gasteiger partial charge in [-0.25, -0.2) is 4.98 Å². The maximum absolute atomic E-state index is 5.78. The minimum Gasteiger partial charge on any atom is -0.323 e. The third-order valence-corrected chi connectivity index (χ3v) is 2.38. The number of nitrogens with zero attached hydrogens (tertiary/aromatic N) is 2. The van der Waals surface area contributed by atoms with Gasteiger partial charge in [0.25, 0.3) is 0 Å². The van der Waals surface area contributed by atoms with Crippen molar-refractivity contribution in [2.75, 3.05) is 0 Å². The van der Waals surface area contributed by atoms with Gasteiger partial charge in [0, 0.05) is 12.2 Å². The number of aromatic nitrogens is 2. The van der Waals surface area contributed by atoms with E-state index in [-0.39, 0.29) is 6.04 Å². The number of hydrogen-bond acceptors (Lipinski definition) is 2. The summed E-state index contributed by atoms with van der Waals surface area (Å²) < 4.78 is 1.80. The Morgan fingerprint density at radius 2 is 2.45 bits per heavy atom. The molecule has 0 fully saturated rings. The molecule has 3 nitrogen and oxygen atoms in total. The lowest BCUT2D eigenvalue weighted by Crippen LogP contribution is -2.08. The lowest BCUT2D eigenvalue weighted by molar-refractivity contribution is 0.678. The maximum Gasteiger partial charge on any atom is 0.115 e. The molecule has 1 heterocycles. The minimum atomic E-state index is 0.0625. The summed E-state index contributed by atoms with van der Waals surface area (Å²) in [6.45, 7) is 3.98. The van der Waals surface area contributed by atoms with Crippen LogP contribution >= 0.6 is 16.1 Å². The highest BCUT2D eigenvalue weighted by molar-refractivity contribution is 9.08. The Balaban J connectivity index is 2.88. The molecule has 62 valence electrons. The van der Waals surface area contributed by atoms with E-state index in [1.165, 1.54) is 0 Å². The largest absolute Gasteiger partial charge is 0.323 e. The highest BCUT2D eigenvalue weighted by Gasteiger charge is 2.07. The van der Waals surface area contributed by atoms with Crippen molar-refractivity contribution < 1.29 is 0 Å². The van der Waals surface area contributed by atoms with Crippen LogP contribution in [0.4, 0.5) is 0 Å². The predicted molar refractivity (Wildman–Crippen MR) is 48.5 cm³/mol. The van der Waals surface area contributed by atoms with E-state index in [1.54, 1.807) is 3.59 Å². The van der Waals surface area contributed by atoms with Gasteiger partial charge in [0.15, 0.2) is 0 Å². The summed E-state index contributed by atoms with van der Waals surface area (Å²) in [6.07, 6.45) is 2.83. The summed E-state index contributed by atoms with van der Waals surface area (Å²) >= 11 is 3.31. The summed E-state index contributed by atoms with van der Waals surface area (Å²) in [7, 11) is 0. The number of imidazole rings is 1. The topological polar surface area (TPSA) is 43.8 Å². The molecular formula is C7H12BrN3. The van der Waals surface area contributed by atoms with E-state index in [9.17, 15) is 0 Å². The molecule has 0 spiro atoms. The molecule has 4 heteroatoms. The highest BCUT2D eigenvalue weighted by atomic mass is 79.9. The Labute approximate surface area is 74.9 Å². The number of aryl methyl sites for hydroxylation is 1. The van der Waals surface area contributed by atoms with E-state index in [2.05, 4.69) is 21.1 Å². The molecule has 11 heavy (non-hydrogen) atoms. The quantitative estimate of drug-likeness (QED) is 0.821. The first-order chi connectivity index (χ1) is 5.15. The van der Waals surface area contributed by atoms with Crippen molar-refractivity contribution in [2.24, 2.45) is 5.73 Å². The van der Waals surface area contributed by atoms with E-state index < -0.39 is 0 Å². The molecule has 0 radical (unpaired) electrons. The van der Waals surface area contributed by atoms with Crippen molar-refractivity contribution in [2.45, 2.75) is 26.3 Å². The second kappa shape index (κ2) is 3.36. The van der Waals surface area contributed by atoms with Gasteiger partial charge in [-0.2, -0.15) is 0 Å². The van der Waals surface area contributed by atoms with E-state index in [1.807, 2.05) is 20.0 Å². The van der Waals surface area contributed by atoms with Crippen molar-refractivity contribution in [3.8, 4) is 0 Å². The molecule has 2 N–H and O–H groups in total. The summed E-state index contributed by atoms with van der Waals surface area (Å²) in [5.74, 6) is 0.934. The number of halogens is 1. The third kappa shape index (κ3) is 1.81. The van der Waals surface area contributed by atoms with Crippen molar-refractivity contribution in [3.63, 3.8) is 0 Å². The SMILES string of the molecule is CCC(N)c1cn(Br)c(C)n1. The average Bonchev–Trinajstić information content (AvgIpc) is 2.31. The molecule has 0 aliphatic heterocycles. The standard InChI is InChI=1S/C7H12BrN3/c1-3-6(9)7-4-11(8)5(2)10-7/h4,6H,3,9H2,1-2H3. The van der Waals surface area contributed by atoms with Crippen LogP contribution < -0.4 is 5.73 Å². The fourth-order valence-corrected chi connectivity index (χ4v) is 1.15. The van der Waals surface area contributed by atoms with E-state index in [0.717, 1.165) is 17.9 Å². The van der Waals surface area contributed by atoms with Gasteiger partial charge >= 0.3 is 0 Å². The molecule has 1 rings (SSSR count). The van der Waals surface area contributed by atoms with Crippen molar-refractivity contribution in [1.82, 2.24) is 8.58 Å². The lowest BCUT2D eigenvalue weighted by Gasteiger charge is -2.01. The number of rotatable bonds is 2. The molecule has 0 aliphatic rings. The summed E-state index contributed by atoms with van der Waals surface area (Å²) in [6, 6.07) is 0.0625. The van der Waals surface area contributed by atoms with E-state index >= 15 is 0 Å². The zero-order chi connectivity index (χ0) is 8.43. The average molecular weight is 218 g/mol. The van der Waals surface area contributed by atoms with Crippen LogP contribution in [0.15, 0.2) is 6.20 Å². The molecule has 0 aliphatic carbocycles. The Morgan fingerprint density at radius 1 is 1.82 bits per heavy atom. The van der Waals surface area contributed by atoms with Crippen molar-refractivity contribution >= 4 is 16.1 Å². The molecule has 0 saturated heterocycles. The van der Waals surface area contributed by atoms with Gasteiger partial charge in [-0.1, -0.05) is 6.92 Å². The second-order valence-electron chi connectivity index (χ2n) is 2.54. The van der Waals surface area contributed by atoms with Crippen LogP contribution in [0.25, 0.3) is 0 Å². The van der Waals surface area contributed by atoms with Gasteiger partial charge in [-0.05, 0) is 13.3 Å². The first-order valence-electron chi connectivity index (χ1n) is 3.62.